The van der Waals surface area contributed by atoms with E-state index in [2.05, 4.69) is 49.1 Å². The highest BCUT2D eigenvalue weighted by molar-refractivity contribution is 7.99. The van der Waals surface area contributed by atoms with Gasteiger partial charge in [-0.25, -0.2) is 9.78 Å². The van der Waals surface area contributed by atoms with Crippen molar-refractivity contribution in [2.75, 3.05) is 37.5 Å². The van der Waals surface area contributed by atoms with Gasteiger partial charge in [0, 0.05) is 24.6 Å². The summed E-state index contributed by atoms with van der Waals surface area (Å²) in [6, 6.07) is 10.4. The lowest BCUT2D eigenvalue weighted by Gasteiger charge is -2.29. The summed E-state index contributed by atoms with van der Waals surface area (Å²) in [5, 5.41) is 8.70. The van der Waals surface area contributed by atoms with E-state index in [4.69, 9.17) is 24.5 Å². The summed E-state index contributed by atoms with van der Waals surface area (Å²) in [6.45, 7) is 9.52. The van der Waals surface area contributed by atoms with Crippen molar-refractivity contribution < 1.29 is 19.4 Å². The molecule has 2 aromatic rings. The van der Waals surface area contributed by atoms with E-state index in [1.807, 2.05) is 44.5 Å². The van der Waals surface area contributed by atoms with E-state index in [0.717, 1.165) is 41.2 Å². The molecule has 1 aromatic heterocycles. The fourth-order valence-corrected chi connectivity index (χ4v) is 4.41. The van der Waals surface area contributed by atoms with Crippen LogP contribution in [0.4, 0.5) is 5.82 Å². The first-order chi connectivity index (χ1) is 18.0. The maximum absolute atomic E-state index is 10.6. The molecule has 0 fully saturated rings. The molecule has 0 radical (unpaired) electrons. The number of carboxylic acid groups (broad SMARTS) is 1. The van der Waals surface area contributed by atoms with E-state index < -0.39 is 5.97 Å². The number of hydrogen-bond acceptors (Lipinski definition) is 7. The number of carbonyl (C=O) groups is 1. The van der Waals surface area contributed by atoms with Gasteiger partial charge in [-0.3, -0.25) is 4.98 Å². The molecule has 1 heterocycles. The molecule has 1 unspecified atom stereocenters. The molecule has 0 saturated heterocycles. The lowest BCUT2D eigenvalue weighted by Crippen LogP contribution is -2.35. The van der Waals surface area contributed by atoms with E-state index in [1.54, 1.807) is 11.8 Å². The molecular formula is C29H41N3O4S. The molecule has 1 aromatic carbocycles. The Balaban J connectivity index is 0.00000235. The smallest absolute Gasteiger partial charge is 0.329 e. The SMILES string of the molecule is CC.CSC(CCOCC(=O)O)OCCN(c1cnc(-c2ccccc2)c(C2=CCCC=C2)n1)C(C)C. The molecule has 7 nitrogen and oxygen atoms in total. The number of hydrogen-bond donors (Lipinski definition) is 1. The van der Waals surface area contributed by atoms with Gasteiger partial charge in [0.25, 0.3) is 0 Å². The van der Waals surface area contributed by atoms with Gasteiger partial charge in [0.2, 0.25) is 0 Å². The van der Waals surface area contributed by atoms with Crippen molar-refractivity contribution in [1.82, 2.24) is 9.97 Å². The average Bonchev–Trinajstić information content (AvgIpc) is 2.93. The zero-order valence-electron chi connectivity index (χ0n) is 22.7. The zero-order valence-corrected chi connectivity index (χ0v) is 23.5. The van der Waals surface area contributed by atoms with E-state index in [0.29, 0.717) is 26.2 Å². The highest BCUT2D eigenvalue weighted by Gasteiger charge is 2.19. The number of aliphatic carboxylic acids is 1. The van der Waals surface area contributed by atoms with Crippen molar-refractivity contribution in [3.63, 3.8) is 0 Å². The Morgan fingerprint density at radius 3 is 2.51 bits per heavy atom. The number of allylic oxidation sites excluding steroid dienone is 4. The van der Waals surface area contributed by atoms with Crippen LogP contribution in [-0.2, 0) is 14.3 Å². The minimum atomic E-state index is -0.961. The number of nitrogens with zero attached hydrogens (tertiary/aromatic N) is 3. The highest BCUT2D eigenvalue weighted by Crippen LogP contribution is 2.30. The molecule has 0 aliphatic heterocycles. The molecule has 0 amide bonds. The summed E-state index contributed by atoms with van der Waals surface area (Å²) in [7, 11) is 0. The zero-order chi connectivity index (χ0) is 27.0. The first kappa shape index (κ1) is 30.5. The van der Waals surface area contributed by atoms with E-state index in [9.17, 15) is 4.79 Å². The monoisotopic (exact) mass is 527 g/mol. The first-order valence-corrected chi connectivity index (χ1v) is 14.3. The van der Waals surface area contributed by atoms with Gasteiger partial charge in [-0.05, 0) is 38.5 Å². The third kappa shape index (κ3) is 9.95. The van der Waals surface area contributed by atoms with Crippen LogP contribution in [0.25, 0.3) is 16.8 Å². The molecule has 1 aliphatic rings. The van der Waals surface area contributed by atoms with Gasteiger partial charge in [-0.1, -0.05) is 62.4 Å². The lowest BCUT2D eigenvalue weighted by molar-refractivity contribution is -0.142. The van der Waals surface area contributed by atoms with Gasteiger partial charge in [0.15, 0.2) is 0 Å². The standard InChI is InChI=1S/C27H35N3O4S.C2H6/c1-20(2)30(15-17-34-25(35-3)14-16-33-19-24(31)32)23-18-28-26(21-10-6-4-7-11-21)27(29-23)22-12-8-5-9-13-22;1-2/h4,6-8,10-13,18,20,25H,5,9,14-17,19H2,1-3H3,(H,31,32);1-2H3. The van der Waals surface area contributed by atoms with Crippen LogP contribution in [0.2, 0.25) is 0 Å². The fraction of sp³-hybridized carbons (Fsp3) is 0.483. The second kappa shape index (κ2) is 16.9. The lowest BCUT2D eigenvalue weighted by atomic mass is 9.99. The van der Waals surface area contributed by atoms with Crippen molar-refractivity contribution in [3.05, 3.63) is 60.5 Å². The Bertz CT molecular complexity index is 1010. The van der Waals surface area contributed by atoms with Crippen LogP contribution in [0.1, 0.15) is 52.7 Å². The normalized spacial score (nSPS) is 13.5. The molecule has 1 atom stereocenters. The van der Waals surface area contributed by atoms with Crippen molar-refractivity contribution in [3.8, 4) is 11.3 Å². The third-order valence-corrected chi connectivity index (χ3v) is 6.51. The third-order valence-electron chi connectivity index (χ3n) is 5.62. The number of thioether (sulfide) groups is 1. The van der Waals surface area contributed by atoms with Crippen molar-refractivity contribution in [2.45, 2.75) is 58.4 Å². The van der Waals surface area contributed by atoms with E-state index in [1.165, 1.54) is 0 Å². The molecule has 202 valence electrons. The summed E-state index contributed by atoms with van der Waals surface area (Å²) in [5.41, 5.74) is 3.88. The topological polar surface area (TPSA) is 84.8 Å². The van der Waals surface area contributed by atoms with Gasteiger partial charge in [0.05, 0.1) is 30.8 Å². The van der Waals surface area contributed by atoms with Crippen LogP contribution < -0.4 is 4.90 Å². The molecule has 1 N–H and O–H groups in total. The number of ether oxygens (including phenoxy) is 2. The van der Waals surface area contributed by atoms with Crippen molar-refractivity contribution in [1.29, 1.82) is 0 Å². The summed E-state index contributed by atoms with van der Waals surface area (Å²) >= 11 is 1.59. The Labute approximate surface area is 226 Å². The summed E-state index contributed by atoms with van der Waals surface area (Å²) < 4.78 is 11.2. The van der Waals surface area contributed by atoms with Gasteiger partial charge in [-0.2, -0.15) is 0 Å². The van der Waals surface area contributed by atoms with Gasteiger partial charge in [0.1, 0.15) is 17.9 Å². The summed E-state index contributed by atoms with van der Waals surface area (Å²) in [4.78, 5) is 22.8. The molecular weight excluding hydrogens is 486 g/mol. The number of carboxylic acids is 1. The predicted molar refractivity (Wildman–Crippen MR) is 154 cm³/mol. The molecule has 37 heavy (non-hydrogen) atoms. The fourth-order valence-electron chi connectivity index (χ4n) is 3.84. The number of aromatic nitrogens is 2. The quantitative estimate of drug-likeness (QED) is 0.226. The van der Waals surface area contributed by atoms with Gasteiger partial charge >= 0.3 is 5.97 Å². The van der Waals surface area contributed by atoms with Gasteiger partial charge < -0.3 is 19.5 Å². The van der Waals surface area contributed by atoms with E-state index in [-0.39, 0.29) is 18.1 Å². The van der Waals surface area contributed by atoms with Crippen LogP contribution in [0.5, 0.6) is 0 Å². The van der Waals surface area contributed by atoms with Crippen molar-refractivity contribution in [2.24, 2.45) is 0 Å². The Morgan fingerprint density at radius 1 is 1.14 bits per heavy atom. The van der Waals surface area contributed by atoms with Crippen LogP contribution in [0, 0.1) is 0 Å². The van der Waals surface area contributed by atoms with Gasteiger partial charge in [-0.15, -0.1) is 11.8 Å². The molecule has 0 spiro atoms. The predicted octanol–water partition coefficient (Wildman–Crippen LogP) is 6.32. The van der Waals surface area contributed by atoms with E-state index >= 15 is 0 Å². The van der Waals surface area contributed by atoms with Crippen molar-refractivity contribution >= 4 is 29.1 Å². The number of benzene rings is 1. The molecule has 3 rings (SSSR count). The summed E-state index contributed by atoms with van der Waals surface area (Å²) in [5.74, 6) is -0.138. The maximum Gasteiger partial charge on any atom is 0.329 e. The minimum Gasteiger partial charge on any atom is -0.480 e. The Hall–Kier alpha value is -2.68. The molecule has 1 aliphatic carbocycles. The first-order valence-electron chi connectivity index (χ1n) is 13.0. The Morgan fingerprint density at radius 2 is 1.89 bits per heavy atom. The number of anilines is 1. The molecule has 0 bridgehead atoms. The summed E-state index contributed by atoms with van der Waals surface area (Å²) in [6.07, 6.45) is 13.1. The molecule has 0 saturated carbocycles. The average molecular weight is 528 g/mol. The highest BCUT2D eigenvalue weighted by atomic mass is 32.2. The van der Waals surface area contributed by atoms with Crippen LogP contribution in [-0.4, -0.2) is 65.1 Å². The van der Waals surface area contributed by atoms with Crippen LogP contribution in [0.15, 0.2) is 54.8 Å². The largest absolute Gasteiger partial charge is 0.480 e. The molecule has 8 heteroatoms. The Kier molecular flexibility index (Phi) is 14.0. The van der Waals surface area contributed by atoms with Crippen LogP contribution >= 0.6 is 11.8 Å². The minimum absolute atomic E-state index is 0.0579. The maximum atomic E-state index is 10.6. The number of rotatable bonds is 14. The van der Waals surface area contributed by atoms with Crippen LogP contribution in [0.3, 0.4) is 0 Å². The second-order valence-electron chi connectivity index (χ2n) is 8.49. The second-order valence-corrected chi connectivity index (χ2v) is 9.49.